The number of rotatable bonds is 7. The van der Waals surface area contributed by atoms with E-state index in [0.29, 0.717) is 32.2 Å². The maximum Gasteiger partial charge on any atom is 0.306 e. The van der Waals surface area contributed by atoms with Gasteiger partial charge in [0.15, 0.2) is 0 Å². The summed E-state index contributed by atoms with van der Waals surface area (Å²) in [5, 5.41) is 12.2. The van der Waals surface area contributed by atoms with Gasteiger partial charge in [0.2, 0.25) is 5.91 Å². The third kappa shape index (κ3) is 5.19. The summed E-state index contributed by atoms with van der Waals surface area (Å²) in [6.45, 7) is 0.617. The normalized spacial score (nSPS) is 19.6. The molecular formula is C23H27NO3. The minimum atomic E-state index is -0.734. The van der Waals surface area contributed by atoms with Gasteiger partial charge in [-0.2, -0.15) is 0 Å². The summed E-state index contributed by atoms with van der Waals surface area (Å²) in [7, 11) is 0. The monoisotopic (exact) mass is 365 g/mol. The van der Waals surface area contributed by atoms with Crippen LogP contribution in [0.2, 0.25) is 0 Å². The van der Waals surface area contributed by atoms with E-state index in [1.54, 1.807) is 0 Å². The molecule has 0 unspecified atom stereocenters. The standard InChI is InChI=1S/C23H27NO3/c25-22(19-11-13-20(14-12-19)23(26)27)24-16-15-21(17-7-3-1-4-8-17)18-9-5-2-6-10-18/h1-10,19-21H,11-16H2,(H,24,25)(H,26,27). The van der Waals surface area contributed by atoms with E-state index < -0.39 is 5.97 Å². The molecule has 2 aromatic carbocycles. The van der Waals surface area contributed by atoms with E-state index in [2.05, 4.69) is 29.6 Å². The molecule has 1 aliphatic carbocycles. The summed E-state index contributed by atoms with van der Waals surface area (Å²) in [6.07, 6.45) is 3.38. The molecule has 0 aromatic heterocycles. The number of nitrogens with one attached hydrogen (secondary N) is 1. The lowest BCUT2D eigenvalue weighted by molar-refractivity contribution is -0.144. The van der Waals surface area contributed by atoms with E-state index in [-0.39, 0.29) is 23.7 Å². The van der Waals surface area contributed by atoms with Gasteiger partial charge in [0.1, 0.15) is 0 Å². The van der Waals surface area contributed by atoms with Gasteiger partial charge in [-0.15, -0.1) is 0 Å². The Balaban J connectivity index is 1.55. The van der Waals surface area contributed by atoms with E-state index >= 15 is 0 Å². The second kappa shape index (κ2) is 9.36. The molecule has 4 heteroatoms. The Morgan fingerprint density at radius 3 is 1.81 bits per heavy atom. The first-order chi connectivity index (χ1) is 13.1. The Morgan fingerprint density at radius 2 is 1.33 bits per heavy atom. The molecule has 2 aromatic rings. The number of hydrogen-bond acceptors (Lipinski definition) is 2. The van der Waals surface area contributed by atoms with E-state index in [1.165, 1.54) is 11.1 Å². The Morgan fingerprint density at radius 1 is 0.852 bits per heavy atom. The zero-order valence-electron chi connectivity index (χ0n) is 15.5. The van der Waals surface area contributed by atoms with E-state index in [1.807, 2.05) is 36.4 Å². The molecular weight excluding hydrogens is 338 g/mol. The molecule has 27 heavy (non-hydrogen) atoms. The van der Waals surface area contributed by atoms with Crippen molar-refractivity contribution in [1.82, 2.24) is 5.32 Å². The average molecular weight is 365 g/mol. The van der Waals surface area contributed by atoms with Gasteiger partial charge in [0, 0.05) is 18.4 Å². The highest BCUT2D eigenvalue weighted by Crippen LogP contribution is 2.30. The summed E-state index contributed by atoms with van der Waals surface area (Å²) in [5.74, 6) is -0.751. The zero-order valence-corrected chi connectivity index (χ0v) is 15.5. The van der Waals surface area contributed by atoms with Crippen molar-refractivity contribution in [1.29, 1.82) is 0 Å². The number of hydrogen-bond donors (Lipinski definition) is 2. The SMILES string of the molecule is O=C(O)C1CCC(C(=O)NCCC(c2ccccc2)c2ccccc2)CC1. The van der Waals surface area contributed by atoms with Crippen molar-refractivity contribution in [3.8, 4) is 0 Å². The van der Waals surface area contributed by atoms with Crippen molar-refractivity contribution in [3.63, 3.8) is 0 Å². The molecule has 3 rings (SSSR count). The van der Waals surface area contributed by atoms with Crippen LogP contribution < -0.4 is 5.32 Å². The van der Waals surface area contributed by atoms with Crippen molar-refractivity contribution in [2.24, 2.45) is 11.8 Å². The Kier molecular flexibility index (Phi) is 6.64. The second-order valence-electron chi connectivity index (χ2n) is 7.34. The predicted molar refractivity (Wildman–Crippen MR) is 105 cm³/mol. The molecule has 0 aliphatic heterocycles. The summed E-state index contributed by atoms with van der Waals surface area (Å²) in [6, 6.07) is 20.7. The topological polar surface area (TPSA) is 66.4 Å². The fraction of sp³-hybridized carbons (Fsp3) is 0.391. The minimum Gasteiger partial charge on any atom is -0.481 e. The van der Waals surface area contributed by atoms with E-state index in [9.17, 15) is 9.59 Å². The number of carboxylic acid groups (broad SMARTS) is 1. The lowest BCUT2D eigenvalue weighted by atomic mass is 9.81. The van der Waals surface area contributed by atoms with Gasteiger partial charge in [-0.05, 0) is 43.2 Å². The number of benzene rings is 2. The van der Waals surface area contributed by atoms with Crippen LogP contribution in [0.4, 0.5) is 0 Å². The van der Waals surface area contributed by atoms with Crippen molar-refractivity contribution < 1.29 is 14.7 Å². The third-order valence-electron chi connectivity index (χ3n) is 5.58. The summed E-state index contributed by atoms with van der Waals surface area (Å²) in [5.41, 5.74) is 2.50. The van der Waals surface area contributed by atoms with Crippen LogP contribution >= 0.6 is 0 Å². The largest absolute Gasteiger partial charge is 0.481 e. The smallest absolute Gasteiger partial charge is 0.306 e. The lowest BCUT2D eigenvalue weighted by Crippen LogP contribution is -2.35. The molecule has 0 saturated heterocycles. The Labute approximate surface area is 160 Å². The van der Waals surface area contributed by atoms with Gasteiger partial charge in [0.25, 0.3) is 0 Å². The van der Waals surface area contributed by atoms with Crippen LogP contribution in [-0.2, 0) is 9.59 Å². The molecule has 2 N–H and O–H groups in total. The molecule has 0 spiro atoms. The van der Waals surface area contributed by atoms with Gasteiger partial charge in [-0.1, -0.05) is 60.7 Å². The highest BCUT2D eigenvalue weighted by molar-refractivity contribution is 5.79. The Bertz CT molecular complexity index is 697. The van der Waals surface area contributed by atoms with Crippen LogP contribution in [0, 0.1) is 11.8 Å². The summed E-state index contributed by atoms with van der Waals surface area (Å²) in [4.78, 5) is 23.5. The van der Waals surface area contributed by atoms with Crippen LogP contribution in [-0.4, -0.2) is 23.5 Å². The maximum absolute atomic E-state index is 12.5. The molecule has 0 bridgehead atoms. The molecule has 142 valence electrons. The van der Waals surface area contributed by atoms with Crippen molar-refractivity contribution in [2.75, 3.05) is 6.54 Å². The predicted octanol–water partition coefficient (Wildman–Crippen LogP) is 4.22. The molecule has 1 aliphatic rings. The van der Waals surface area contributed by atoms with Crippen molar-refractivity contribution in [2.45, 2.75) is 38.0 Å². The number of carboxylic acids is 1. The molecule has 0 heterocycles. The first-order valence-corrected chi connectivity index (χ1v) is 9.75. The van der Waals surface area contributed by atoms with E-state index in [0.717, 1.165) is 6.42 Å². The highest BCUT2D eigenvalue weighted by Gasteiger charge is 2.29. The molecule has 1 fully saturated rings. The quantitative estimate of drug-likeness (QED) is 0.772. The number of amides is 1. The summed E-state index contributed by atoms with van der Waals surface area (Å²) < 4.78 is 0. The molecule has 0 radical (unpaired) electrons. The fourth-order valence-electron chi connectivity index (χ4n) is 3.98. The van der Waals surface area contributed by atoms with E-state index in [4.69, 9.17) is 5.11 Å². The fourth-order valence-corrected chi connectivity index (χ4v) is 3.98. The first-order valence-electron chi connectivity index (χ1n) is 9.75. The van der Waals surface area contributed by atoms with Gasteiger partial charge in [0.05, 0.1) is 5.92 Å². The summed E-state index contributed by atoms with van der Waals surface area (Å²) >= 11 is 0. The highest BCUT2D eigenvalue weighted by atomic mass is 16.4. The molecule has 0 atom stereocenters. The first kappa shape index (κ1) is 19.2. The molecule has 4 nitrogen and oxygen atoms in total. The average Bonchev–Trinajstić information content (AvgIpc) is 2.72. The van der Waals surface area contributed by atoms with Gasteiger partial charge < -0.3 is 10.4 Å². The van der Waals surface area contributed by atoms with Crippen LogP contribution in [0.3, 0.4) is 0 Å². The third-order valence-corrected chi connectivity index (χ3v) is 5.58. The van der Waals surface area contributed by atoms with Crippen LogP contribution in [0.25, 0.3) is 0 Å². The van der Waals surface area contributed by atoms with Gasteiger partial charge in [-0.25, -0.2) is 0 Å². The Hall–Kier alpha value is -2.62. The number of aliphatic carboxylic acids is 1. The van der Waals surface area contributed by atoms with Gasteiger partial charge >= 0.3 is 5.97 Å². The maximum atomic E-state index is 12.5. The lowest BCUT2D eigenvalue weighted by Gasteiger charge is -2.25. The number of carbonyl (C=O) groups excluding carboxylic acids is 1. The van der Waals surface area contributed by atoms with Crippen LogP contribution in [0.5, 0.6) is 0 Å². The van der Waals surface area contributed by atoms with Crippen LogP contribution in [0.15, 0.2) is 60.7 Å². The minimum absolute atomic E-state index is 0.0486. The van der Waals surface area contributed by atoms with Crippen molar-refractivity contribution in [3.05, 3.63) is 71.8 Å². The zero-order chi connectivity index (χ0) is 19.1. The second-order valence-corrected chi connectivity index (χ2v) is 7.34. The molecule has 1 saturated carbocycles. The van der Waals surface area contributed by atoms with Crippen LogP contribution in [0.1, 0.15) is 49.1 Å². The number of carbonyl (C=O) groups is 2. The van der Waals surface area contributed by atoms with Gasteiger partial charge in [-0.3, -0.25) is 9.59 Å². The molecule has 1 amide bonds. The van der Waals surface area contributed by atoms with Crippen molar-refractivity contribution >= 4 is 11.9 Å².